The lowest BCUT2D eigenvalue weighted by atomic mass is 9.92. The van der Waals surface area contributed by atoms with Crippen LogP contribution in [0.15, 0.2) is 60.7 Å². The van der Waals surface area contributed by atoms with E-state index in [2.05, 4.69) is 29.4 Å². The number of H-pyrrole nitrogens is 1. The maximum Gasteiger partial charge on any atom is 0.276 e. The molecule has 7 heteroatoms. The molecule has 1 aromatic heterocycles. The van der Waals surface area contributed by atoms with Crippen LogP contribution in [0.4, 0.5) is 5.69 Å². The summed E-state index contributed by atoms with van der Waals surface area (Å²) < 4.78 is 5.70. The van der Waals surface area contributed by atoms with E-state index in [0.717, 1.165) is 65.9 Å². The minimum atomic E-state index is -0.331. The van der Waals surface area contributed by atoms with Gasteiger partial charge in [0.1, 0.15) is 17.3 Å². The first-order valence-corrected chi connectivity index (χ1v) is 13.4. The Bertz CT molecular complexity index is 1530. The smallest absolute Gasteiger partial charge is 0.276 e. The van der Waals surface area contributed by atoms with Gasteiger partial charge in [0.05, 0.1) is 7.11 Å². The molecule has 2 heterocycles. The molecule has 0 spiro atoms. The summed E-state index contributed by atoms with van der Waals surface area (Å²) in [6, 6.07) is 19.2. The molecule has 0 atom stereocenters. The van der Waals surface area contributed by atoms with Gasteiger partial charge in [0.2, 0.25) is 0 Å². The van der Waals surface area contributed by atoms with Gasteiger partial charge in [-0.25, -0.2) is 4.98 Å². The van der Waals surface area contributed by atoms with Gasteiger partial charge in [0, 0.05) is 41.2 Å². The molecule has 2 amide bonds. The van der Waals surface area contributed by atoms with E-state index in [1.807, 2.05) is 43.0 Å². The number of benzene rings is 3. The van der Waals surface area contributed by atoms with Crippen molar-refractivity contribution in [1.82, 2.24) is 14.9 Å². The molecule has 1 aliphatic heterocycles. The van der Waals surface area contributed by atoms with Crippen molar-refractivity contribution in [3.05, 3.63) is 88.7 Å². The van der Waals surface area contributed by atoms with Gasteiger partial charge in [-0.05, 0) is 87.1 Å². The Hall–Kier alpha value is -4.39. The van der Waals surface area contributed by atoms with Gasteiger partial charge in [-0.2, -0.15) is 0 Å². The molecule has 1 aliphatic rings. The number of ether oxygens (including phenoxy) is 1. The van der Waals surface area contributed by atoms with Crippen LogP contribution in [-0.4, -0.2) is 46.9 Å². The summed E-state index contributed by atoms with van der Waals surface area (Å²) in [4.78, 5) is 36.1. The molecule has 5 rings (SSSR count). The number of methoxy groups -OCH3 is 1. The summed E-state index contributed by atoms with van der Waals surface area (Å²) in [5.41, 5.74) is 7.26. The minimum Gasteiger partial charge on any atom is -0.496 e. The molecular formula is C32H34N4O3. The van der Waals surface area contributed by atoms with Crippen molar-refractivity contribution in [2.45, 2.75) is 40.0 Å². The van der Waals surface area contributed by atoms with Crippen LogP contribution in [0.25, 0.3) is 22.5 Å². The molecule has 1 fully saturated rings. The number of hydrogen-bond donors (Lipinski definition) is 2. The molecule has 1 saturated heterocycles. The SMILES string of the molecule is COc1ccc(-c2nc(C(=O)Nc3cccc(C(=O)N4CCCCC4)c3)c(C)[nH]2)c(C)c1-c1ccccc1C. The molecule has 4 aromatic rings. The van der Waals surface area contributed by atoms with Gasteiger partial charge in [0.25, 0.3) is 11.8 Å². The normalized spacial score (nSPS) is 13.3. The fraction of sp³-hybridized carbons (Fsp3) is 0.281. The summed E-state index contributed by atoms with van der Waals surface area (Å²) in [7, 11) is 1.67. The van der Waals surface area contributed by atoms with Gasteiger partial charge in [-0.1, -0.05) is 30.3 Å². The number of amides is 2. The van der Waals surface area contributed by atoms with Crippen LogP contribution in [0, 0.1) is 20.8 Å². The summed E-state index contributed by atoms with van der Waals surface area (Å²) in [5, 5.41) is 2.93. The minimum absolute atomic E-state index is 0.00322. The van der Waals surface area contributed by atoms with Crippen LogP contribution >= 0.6 is 0 Å². The third kappa shape index (κ3) is 5.30. The van der Waals surface area contributed by atoms with E-state index in [-0.39, 0.29) is 11.8 Å². The lowest BCUT2D eigenvalue weighted by Gasteiger charge is -2.26. The Morgan fingerprint density at radius 1 is 0.923 bits per heavy atom. The van der Waals surface area contributed by atoms with E-state index in [0.29, 0.717) is 28.5 Å². The van der Waals surface area contributed by atoms with Crippen molar-refractivity contribution >= 4 is 17.5 Å². The molecule has 3 aromatic carbocycles. The van der Waals surface area contributed by atoms with E-state index in [1.165, 1.54) is 0 Å². The van der Waals surface area contributed by atoms with Crippen LogP contribution in [-0.2, 0) is 0 Å². The van der Waals surface area contributed by atoms with Gasteiger partial charge < -0.3 is 19.9 Å². The molecule has 0 saturated carbocycles. The highest BCUT2D eigenvalue weighted by Gasteiger charge is 2.22. The molecule has 0 radical (unpaired) electrons. The van der Waals surface area contributed by atoms with Crippen molar-refractivity contribution in [3.63, 3.8) is 0 Å². The highest BCUT2D eigenvalue weighted by Crippen LogP contribution is 2.39. The van der Waals surface area contributed by atoms with Crippen molar-refractivity contribution in [1.29, 1.82) is 0 Å². The summed E-state index contributed by atoms with van der Waals surface area (Å²) in [6.45, 7) is 7.52. The number of aryl methyl sites for hydroxylation is 2. The molecule has 0 aliphatic carbocycles. The van der Waals surface area contributed by atoms with E-state index < -0.39 is 0 Å². The molecular weight excluding hydrogens is 488 g/mol. The van der Waals surface area contributed by atoms with Crippen molar-refractivity contribution < 1.29 is 14.3 Å². The van der Waals surface area contributed by atoms with Gasteiger partial charge in [-0.3, -0.25) is 9.59 Å². The van der Waals surface area contributed by atoms with Crippen molar-refractivity contribution in [2.24, 2.45) is 0 Å². The lowest BCUT2D eigenvalue weighted by Crippen LogP contribution is -2.35. The number of aromatic amines is 1. The number of anilines is 1. The topological polar surface area (TPSA) is 87.3 Å². The monoisotopic (exact) mass is 522 g/mol. The van der Waals surface area contributed by atoms with Crippen LogP contribution in [0.3, 0.4) is 0 Å². The van der Waals surface area contributed by atoms with Gasteiger partial charge in [0.15, 0.2) is 0 Å². The zero-order valence-electron chi connectivity index (χ0n) is 22.9. The number of carbonyl (C=O) groups is 2. The predicted molar refractivity (Wildman–Crippen MR) is 154 cm³/mol. The Morgan fingerprint density at radius 3 is 2.44 bits per heavy atom. The fourth-order valence-corrected chi connectivity index (χ4v) is 5.31. The van der Waals surface area contributed by atoms with Crippen molar-refractivity contribution in [3.8, 4) is 28.3 Å². The first-order chi connectivity index (χ1) is 18.9. The zero-order chi connectivity index (χ0) is 27.5. The number of rotatable bonds is 6. The number of carbonyl (C=O) groups excluding carboxylic acids is 2. The number of aromatic nitrogens is 2. The van der Waals surface area contributed by atoms with E-state index in [1.54, 1.807) is 31.4 Å². The average molecular weight is 523 g/mol. The maximum absolute atomic E-state index is 13.3. The number of piperidine rings is 1. The van der Waals surface area contributed by atoms with Gasteiger partial charge in [-0.15, -0.1) is 0 Å². The number of nitrogens with zero attached hydrogens (tertiary/aromatic N) is 2. The van der Waals surface area contributed by atoms with E-state index in [9.17, 15) is 9.59 Å². The summed E-state index contributed by atoms with van der Waals surface area (Å²) in [6.07, 6.45) is 3.22. The maximum atomic E-state index is 13.3. The Morgan fingerprint density at radius 2 is 1.69 bits per heavy atom. The molecule has 0 unspecified atom stereocenters. The second-order valence-corrected chi connectivity index (χ2v) is 10.1. The third-order valence-corrected chi connectivity index (χ3v) is 7.43. The first-order valence-electron chi connectivity index (χ1n) is 13.4. The molecule has 39 heavy (non-hydrogen) atoms. The summed E-state index contributed by atoms with van der Waals surface area (Å²) in [5.74, 6) is 1.07. The largest absolute Gasteiger partial charge is 0.496 e. The van der Waals surface area contributed by atoms with Crippen LogP contribution in [0.1, 0.15) is 56.9 Å². The lowest BCUT2D eigenvalue weighted by molar-refractivity contribution is 0.0724. The predicted octanol–water partition coefficient (Wildman–Crippen LogP) is 6.56. The number of imidazole rings is 1. The number of nitrogens with one attached hydrogen (secondary N) is 2. The quantitative estimate of drug-likeness (QED) is 0.300. The Kier molecular flexibility index (Phi) is 7.50. The van der Waals surface area contributed by atoms with Crippen LogP contribution < -0.4 is 10.1 Å². The Balaban J connectivity index is 1.42. The summed E-state index contributed by atoms with van der Waals surface area (Å²) >= 11 is 0. The van der Waals surface area contributed by atoms with Gasteiger partial charge >= 0.3 is 0 Å². The number of likely N-dealkylation sites (tertiary alicyclic amines) is 1. The standard InChI is InChI=1S/C32H34N4O3/c1-20-11-6-7-14-25(20)28-21(2)26(15-16-27(28)39-4)30-33-22(3)29(35-30)31(37)34-24-13-10-12-23(19-24)32(38)36-17-8-5-9-18-36/h6-7,10-16,19H,5,8-9,17-18H2,1-4H3,(H,33,35)(H,34,37). The van der Waals surface area contributed by atoms with Crippen LogP contribution in [0.5, 0.6) is 5.75 Å². The molecule has 0 bridgehead atoms. The first kappa shape index (κ1) is 26.2. The second-order valence-electron chi connectivity index (χ2n) is 10.1. The molecule has 200 valence electrons. The van der Waals surface area contributed by atoms with E-state index in [4.69, 9.17) is 9.72 Å². The van der Waals surface area contributed by atoms with E-state index >= 15 is 0 Å². The molecule has 7 nitrogen and oxygen atoms in total. The van der Waals surface area contributed by atoms with Crippen LogP contribution in [0.2, 0.25) is 0 Å². The second kappa shape index (κ2) is 11.2. The zero-order valence-corrected chi connectivity index (χ0v) is 22.9. The number of hydrogen-bond acceptors (Lipinski definition) is 4. The van der Waals surface area contributed by atoms with Crippen molar-refractivity contribution in [2.75, 3.05) is 25.5 Å². The highest BCUT2D eigenvalue weighted by atomic mass is 16.5. The fourth-order valence-electron chi connectivity index (χ4n) is 5.31. The third-order valence-electron chi connectivity index (χ3n) is 7.43. The Labute approximate surface area is 229 Å². The highest BCUT2D eigenvalue weighted by molar-refractivity contribution is 6.05. The average Bonchev–Trinajstić information content (AvgIpc) is 3.34. The molecule has 2 N–H and O–H groups in total.